The number of hydrogen-bond donors (Lipinski definition) is 2. The van der Waals surface area contributed by atoms with Crippen LogP contribution >= 0.6 is 0 Å². The fraction of sp³-hybridized carbons (Fsp3) is 0.385. The summed E-state index contributed by atoms with van der Waals surface area (Å²) in [5.74, 6) is 3.70. The van der Waals surface area contributed by atoms with Crippen LogP contribution in [0.4, 0.5) is 11.6 Å². The van der Waals surface area contributed by atoms with Gasteiger partial charge < -0.3 is 19.6 Å². The molecule has 0 atom stereocenters. The number of nitrogens with zero attached hydrogens (tertiary/aromatic N) is 5. The average Bonchev–Trinajstić information content (AvgIpc) is 3.41. The minimum Gasteiger partial charge on any atom is -0.496 e. The van der Waals surface area contributed by atoms with Gasteiger partial charge in [-0.2, -0.15) is 5.10 Å². The fourth-order valence-corrected chi connectivity index (χ4v) is 5.42. The Labute approximate surface area is 219 Å². The Kier molecular flexibility index (Phi) is 5.67. The molecule has 0 bridgehead atoms. The number of hydrogen-bond acceptors (Lipinski definition) is 9. The van der Waals surface area contributed by atoms with Gasteiger partial charge in [0.25, 0.3) is 0 Å². The van der Waals surface area contributed by atoms with Gasteiger partial charge in [-0.15, -0.1) is 0 Å². The molecule has 0 unspecified atom stereocenters. The third-order valence-electron chi connectivity index (χ3n) is 6.90. The number of H-pyrrole nitrogens is 1. The maximum absolute atomic E-state index is 11.9. The summed E-state index contributed by atoms with van der Waals surface area (Å²) in [6.07, 6.45) is 3.42. The Morgan fingerprint density at radius 1 is 1.18 bits per heavy atom. The smallest absolute Gasteiger partial charge is 0.149 e. The molecule has 2 N–H and O–H groups in total. The first-order chi connectivity index (χ1) is 18.1. The third-order valence-corrected chi connectivity index (χ3v) is 7.82. The quantitative estimate of drug-likeness (QED) is 0.292. The predicted octanol–water partition coefficient (Wildman–Crippen LogP) is 4.56. The van der Waals surface area contributed by atoms with Gasteiger partial charge in [0.1, 0.15) is 44.5 Å². The minimum absolute atomic E-state index is 0.000439. The normalized spacial score (nSPS) is 14.0. The molecule has 0 saturated heterocycles. The number of sulfone groups is 1. The first-order valence-electron chi connectivity index (χ1n) is 12.4. The predicted molar refractivity (Wildman–Crippen MR) is 145 cm³/mol. The second-order valence-electron chi connectivity index (χ2n) is 9.97. The van der Waals surface area contributed by atoms with Gasteiger partial charge in [-0.25, -0.2) is 23.1 Å². The molecular weight excluding hydrogens is 506 g/mol. The molecule has 12 heteroatoms. The number of aryl methyl sites for hydroxylation is 4. The van der Waals surface area contributed by atoms with E-state index in [-0.39, 0.29) is 12.3 Å². The number of methoxy groups -OCH3 is 1. The maximum atomic E-state index is 11.9. The summed E-state index contributed by atoms with van der Waals surface area (Å²) < 4.78 is 36.7. The van der Waals surface area contributed by atoms with Crippen molar-refractivity contribution in [1.29, 1.82) is 0 Å². The van der Waals surface area contributed by atoms with E-state index < -0.39 is 9.84 Å². The molecule has 1 fully saturated rings. The summed E-state index contributed by atoms with van der Waals surface area (Å²) in [6.45, 7) is 5.87. The van der Waals surface area contributed by atoms with Crippen molar-refractivity contribution in [3.8, 4) is 16.9 Å². The molecule has 11 nitrogen and oxygen atoms in total. The van der Waals surface area contributed by atoms with Crippen LogP contribution in [0.2, 0.25) is 0 Å². The van der Waals surface area contributed by atoms with E-state index in [0.717, 1.165) is 51.6 Å². The topological polar surface area (TPSA) is 141 Å². The van der Waals surface area contributed by atoms with Crippen LogP contribution in [-0.4, -0.2) is 57.4 Å². The first kappa shape index (κ1) is 24.4. The zero-order valence-corrected chi connectivity index (χ0v) is 22.7. The summed E-state index contributed by atoms with van der Waals surface area (Å²) in [5.41, 5.74) is 5.05. The molecular formula is C26H29N7O4S. The van der Waals surface area contributed by atoms with Gasteiger partial charge in [0.05, 0.1) is 41.7 Å². The molecule has 5 aromatic rings. The van der Waals surface area contributed by atoms with Crippen molar-refractivity contribution >= 4 is 43.4 Å². The third kappa shape index (κ3) is 4.38. The summed E-state index contributed by atoms with van der Waals surface area (Å²) in [6, 6.07) is 5.98. The fourth-order valence-electron chi connectivity index (χ4n) is 4.92. The van der Waals surface area contributed by atoms with Crippen molar-refractivity contribution < 1.29 is 17.7 Å². The molecule has 0 aliphatic heterocycles. The SMILES string of the molecule is COc1cc2c(cc1-c1c(C)noc1C)[nH]c1nc(C)nc(Nc3cc(C4CC4)nn3CCS(C)(=O)=O)c12. The van der Waals surface area contributed by atoms with Crippen LogP contribution < -0.4 is 10.1 Å². The number of rotatable bonds is 8. The Bertz CT molecular complexity index is 1790. The lowest BCUT2D eigenvalue weighted by molar-refractivity contribution is 0.393. The number of ether oxygens (including phenoxy) is 1. The number of aromatic nitrogens is 6. The standard InChI is InChI=1S/C26H29N7O4S/c1-13-23(14(2)37-32-13)18-10-20-17(11-21(18)36-4)24-25(29-20)27-15(3)28-26(24)30-22-12-19(16-6-7-16)31-33(22)8-9-38(5,34)35/h10-12,16H,6-9H2,1-5H3,(H2,27,28,29,30). The maximum Gasteiger partial charge on any atom is 0.149 e. The monoisotopic (exact) mass is 535 g/mol. The van der Waals surface area contributed by atoms with E-state index in [1.165, 1.54) is 6.26 Å². The van der Waals surface area contributed by atoms with Crippen molar-refractivity contribution in [1.82, 2.24) is 29.9 Å². The lowest BCUT2D eigenvalue weighted by atomic mass is 10.0. The Balaban J connectivity index is 1.49. The molecule has 198 valence electrons. The van der Waals surface area contributed by atoms with E-state index in [4.69, 9.17) is 19.3 Å². The van der Waals surface area contributed by atoms with E-state index in [2.05, 4.69) is 20.4 Å². The number of benzene rings is 1. The summed E-state index contributed by atoms with van der Waals surface area (Å²) in [4.78, 5) is 12.8. The highest BCUT2D eigenvalue weighted by molar-refractivity contribution is 7.90. The molecule has 4 aromatic heterocycles. The van der Waals surface area contributed by atoms with Gasteiger partial charge in [0.2, 0.25) is 0 Å². The highest BCUT2D eigenvalue weighted by atomic mass is 32.2. The molecule has 0 amide bonds. The van der Waals surface area contributed by atoms with Gasteiger partial charge in [-0.05, 0) is 45.7 Å². The van der Waals surface area contributed by atoms with Gasteiger partial charge in [-0.1, -0.05) is 5.16 Å². The molecule has 1 saturated carbocycles. The van der Waals surface area contributed by atoms with Crippen LogP contribution in [0.3, 0.4) is 0 Å². The summed E-state index contributed by atoms with van der Waals surface area (Å²) >= 11 is 0. The van der Waals surface area contributed by atoms with E-state index >= 15 is 0 Å². The van der Waals surface area contributed by atoms with E-state index in [1.54, 1.807) is 11.8 Å². The van der Waals surface area contributed by atoms with Gasteiger partial charge in [0.15, 0.2) is 0 Å². The molecule has 6 rings (SSSR count). The van der Waals surface area contributed by atoms with Crippen molar-refractivity contribution in [2.75, 3.05) is 24.4 Å². The average molecular weight is 536 g/mol. The van der Waals surface area contributed by atoms with Crippen LogP contribution in [0.1, 0.15) is 41.7 Å². The minimum atomic E-state index is -3.15. The van der Waals surface area contributed by atoms with Crippen LogP contribution in [0.5, 0.6) is 5.75 Å². The number of anilines is 2. The number of fused-ring (bicyclic) bond motifs is 3. The molecule has 0 spiro atoms. The van der Waals surface area contributed by atoms with Crippen molar-refractivity contribution in [3.05, 3.63) is 41.2 Å². The Morgan fingerprint density at radius 2 is 1.97 bits per heavy atom. The number of nitrogens with one attached hydrogen (secondary N) is 2. The molecule has 1 aliphatic rings. The van der Waals surface area contributed by atoms with Crippen LogP contribution in [-0.2, 0) is 16.4 Å². The Morgan fingerprint density at radius 3 is 2.63 bits per heavy atom. The van der Waals surface area contributed by atoms with E-state index in [1.807, 2.05) is 39.0 Å². The van der Waals surface area contributed by atoms with Crippen LogP contribution in [0.15, 0.2) is 22.7 Å². The Hall–Kier alpha value is -3.93. The highest BCUT2D eigenvalue weighted by Gasteiger charge is 2.28. The molecule has 1 aliphatic carbocycles. The second kappa shape index (κ2) is 8.83. The largest absolute Gasteiger partial charge is 0.496 e. The molecule has 4 heterocycles. The summed E-state index contributed by atoms with van der Waals surface area (Å²) in [5, 5.41) is 13.9. The zero-order chi connectivity index (χ0) is 26.8. The zero-order valence-electron chi connectivity index (χ0n) is 21.9. The van der Waals surface area contributed by atoms with Crippen molar-refractivity contribution in [2.24, 2.45) is 0 Å². The van der Waals surface area contributed by atoms with E-state index in [0.29, 0.717) is 40.5 Å². The van der Waals surface area contributed by atoms with E-state index in [9.17, 15) is 8.42 Å². The first-order valence-corrected chi connectivity index (χ1v) is 14.5. The lowest BCUT2D eigenvalue weighted by Crippen LogP contribution is -2.14. The van der Waals surface area contributed by atoms with Gasteiger partial charge in [-0.3, -0.25) is 0 Å². The van der Waals surface area contributed by atoms with Gasteiger partial charge >= 0.3 is 0 Å². The molecule has 0 radical (unpaired) electrons. The van der Waals surface area contributed by atoms with Crippen LogP contribution in [0, 0.1) is 20.8 Å². The molecule has 1 aromatic carbocycles. The second-order valence-corrected chi connectivity index (χ2v) is 12.2. The highest BCUT2D eigenvalue weighted by Crippen LogP contribution is 2.42. The van der Waals surface area contributed by atoms with Gasteiger partial charge in [0, 0.05) is 34.7 Å². The van der Waals surface area contributed by atoms with Crippen molar-refractivity contribution in [3.63, 3.8) is 0 Å². The van der Waals surface area contributed by atoms with Crippen LogP contribution in [0.25, 0.3) is 33.1 Å². The number of aromatic amines is 1. The lowest BCUT2D eigenvalue weighted by Gasteiger charge is -2.11. The van der Waals surface area contributed by atoms with Crippen molar-refractivity contribution in [2.45, 2.75) is 46.1 Å². The molecule has 38 heavy (non-hydrogen) atoms. The summed E-state index contributed by atoms with van der Waals surface area (Å²) in [7, 11) is -1.51.